The molecule has 0 aliphatic heterocycles. The van der Waals surface area contributed by atoms with Gasteiger partial charge < -0.3 is 24.4 Å². The molecular weight excluding hydrogens is 530 g/mol. The van der Waals surface area contributed by atoms with Crippen LogP contribution in [0, 0.1) is 0 Å². The molecule has 2 aromatic carbocycles. The minimum atomic E-state index is -0.817. The summed E-state index contributed by atoms with van der Waals surface area (Å²) in [4.78, 5) is 14.8. The molecule has 0 unspecified atom stereocenters. The van der Waals surface area contributed by atoms with E-state index in [9.17, 15) is 9.90 Å². The van der Waals surface area contributed by atoms with Crippen molar-refractivity contribution in [3.05, 3.63) is 71.0 Å². The van der Waals surface area contributed by atoms with Crippen LogP contribution < -0.4 is 14.2 Å². The Morgan fingerprint density at radius 2 is 1.62 bits per heavy atom. The van der Waals surface area contributed by atoms with E-state index in [-0.39, 0.29) is 13.0 Å². The number of aryl methyl sites for hydroxylation is 1. The number of ether oxygens (including phenoxy) is 3. The molecule has 3 rings (SSSR count). The molecule has 7 nitrogen and oxygen atoms in total. The minimum absolute atomic E-state index is 0.0914. The lowest BCUT2D eigenvalue weighted by molar-refractivity contribution is -0.137. The predicted molar refractivity (Wildman–Crippen MR) is 158 cm³/mol. The van der Waals surface area contributed by atoms with Gasteiger partial charge in [0.25, 0.3) is 0 Å². The molecule has 0 saturated heterocycles. The van der Waals surface area contributed by atoms with Crippen LogP contribution in [0.5, 0.6) is 17.2 Å². The van der Waals surface area contributed by atoms with Gasteiger partial charge in [-0.2, -0.15) is 0 Å². The first-order valence-corrected chi connectivity index (χ1v) is 14.5. The Morgan fingerprint density at radius 1 is 0.850 bits per heavy atom. The highest BCUT2D eigenvalue weighted by molar-refractivity contribution is 6.29. The van der Waals surface area contributed by atoms with Crippen molar-refractivity contribution in [3.63, 3.8) is 0 Å². The van der Waals surface area contributed by atoms with Crippen LogP contribution in [0.3, 0.4) is 0 Å². The van der Waals surface area contributed by atoms with Gasteiger partial charge in [-0.05, 0) is 98.0 Å². The van der Waals surface area contributed by atoms with Crippen molar-refractivity contribution in [2.24, 2.45) is 0 Å². The lowest BCUT2D eigenvalue weighted by atomic mass is 9.97. The van der Waals surface area contributed by atoms with Crippen LogP contribution in [0.2, 0.25) is 5.15 Å². The van der Waals surface area contributed by atoms with E-state index in [1.807, 2.05) is 49.4 Å². The van der Waals surface area contributed by atoms with Crippen molar-refractivity contribution >= 4 is 17.6 Å². The molecule has 0 aliphatic carbocycles. The molecule has 0 spiro atoms. The van der Waals surface area contributed by atoms with Gasteiger partial charge in [0, 0.05) is 25.3 Å². The fourth-order valence-corrected chi connectivity index (χ4v) is 4.71. The summed E-state index contributed by atoms with van der Waals surface area (Å²) in [6.45, 7) is 3.64. The smallest absolute Gasteiger partial charge is 0.303 e. The van der Waals surface area contributed by atoms with Crippen molar-refractivity contribution in [2.75, 3.05) is 26.4 Å². The van der Waals surface area contributed by atoms with E-state index in [2.05, 4.69) is 11.1 Å². The van der Waals surface area contributed by atoms with Crippen LogP contribution in [0.25, 0.3) is 11.1 Å². The highest BCUT2D eigenvalue weighted by Gasteiger charge is 2.11. The van der Waals surface area contributed by atoms with Crippen molar-refractivity contribution in [2.45, 2.75) is 64.7 Å². The summed E-state index contributed by atoms with van der Waals surface area (Å²) in [6.07, 6.45) is 8.70. The Kier molecular flexibility index (Phi) is 13.6. The number of unbranched alkanes of at least 4 members (excludes halogenated alkanes) is 3. The summed E-state index contributed by atoms with van der Waals surface area (Å²) in [5.41, 5.74) is 4.28. The number of pyridine rings is 1. The molecule has 2 N–H and O–H groups in total. The van der Waals surface area contributed by atoms with E-state index < -0.39 is 5.97 Å². The molecule has 40 heavy (non-hydrogen) atoms. The van der Waals surface area contributed by atoms with Crippen molar-refractivity contribution in [1.29, 1.82) is 0 Å². The van der Waals surface area contributed by atoms with Gasteiger partial charge in [-0.25, -0.2) is 4.98 Å². The lowest BCUT2D eigenvalue weighted by Crippen LogP contribution is -2.06. The van der Waals surface area contributed by atoms with E-state index in [4.69, 9.17) is 30.9 Å². The first-order valence-electron chi connectivity index (χ1n) is 14.1. The Labute approximate surface area is 242 Å². The number of hydrogen-bond acceptors (Lipinski definition) is 6. The zero-order chi connectivity index (χ0) is 28.6. The zero-order valence-electron chi connectivity index (χ0n) is 23.2. The normalized spacial score (nSPS) is 10.9. The van der Waals surface area contributed by atoms with Gasteiger partial charge in [0.15, 0.2) is 0 Å². The number of aliphatic hydroxyl groups excluding tert-OH is 1. The summed E-state index contributed by atoms with van der Waals surface area (Å²) < 4.78 is 17.7. The molecule has 3 aromatic rings. The van der Waals surface area contributed by atoms with Crippen molar-refractivity contribution in [3.8, 4) is 28.4 Å². The average Bonchev–Trinajstić information content (AvgIpc) is 2.94. The summed E-state index contributed by atoms with van der Waals surface area (Å²) in [5.74, 6) is 1.50. The SMILES string of the molecule is CCOc1cc(OCCCCCCc2cccc(OCCCC(=O)O)c2CCCO)cc(-c2ccnc(Cl)c2)c1. The number of aliphatic carboxylic acids is 1. The molecule has 0 fully saturated rings. The second-order valence-electron chi connectivity index (χ2n) is 9.57. The summed E-state index contributed by atoms with van der Waals surface area (Å²) in [5, 5.41) is 18.6. The molecule has 0 saturated carbocycles. The van der Waals surface area contributed by atoms with Gasteiger partial charge in [0.1, 0.15) is 22.4 Å². The van der Waals surface area contributed by atoms with Gasteiger partial charge in [-0.3, -0.25) is 4.79 Å². The number of halogens is 1. The Balaban J connectivity index is 1.48. The Bertz CT molecular complexity index is 1200. The fraction of sp³-hybridized carbons (Fsp3) is 0.438. The van der Waals surface area contributed by atoms with Crippen LogP contribution >= 0.6 is 11.6 Å². The molecule has 0 atom stereocenters. The van der Waals surface area contributed by atoms with Gasteiger partial charge in [0.05, 0.1) is 19.8 Å². The molecule has 1 aromatic heterocycles. The number of carboxylic acid groups (broad SMARTS) is 1. The summed E-state index contributed by atoms with van der Waals surface area (Å²) >= 11 is 6.08. The number of carboxylic acids is 1. The number of hydrogen-bond donors (Lipinski definition) is 2. The minimum Gasteiger partial charge on any atom is -0.494 e. The molecular formula is C32H40ClNO6. The second-order valence-corrected chi connectivity index (χ2v) is 9.96. The van der Waals surface area contributed by atoms with Crippen LogP contribution in [0.15, 0.2) is 54.7 Å². The van der Waals surface area contributed by atoms with Crippen molar-refractivity contribution < 1.29 is 29.2 Å². The Hall–Kier alpha value is -3.29. The Morgan fingerprint density at radius 3 is 2.38 bits per heavy atom. The molecule has 8 heteroatoms. The van der Waals surface area contributed by atoms with Gasteiger partial charge in [-0.1, -0.05) is 36.6 Å². The number of benzene rings is 2. The number of carbonyl (C=O) groups is 1. The van der Waals surface area contributed by atoms with E-state index in [1.54, 1.807) is 6.20 Å². The quantitative estimate of drug-likeness (QED) is 0.117. The molecule has 0 amide bonds. The third-order valence-electron chi connectivity index (χ3n) is 6.47. The van der Waals surface area contributed by atoms with E-state index in [0.29, 0.717) is 37.8 Å². The van der Waals surface area contributed by atoms with Crippen LogP contribution in [0.1, 0.15) is 63.0 Å². The fourth-order valence-electron chi connectivity index (χ4n) is 4.54. The van der Waals surface area contributed by atoms with Gasteiger partial charge in [-0.15, -0.1) is 0 Å². The maximum absolute atomic E-state index is 10.8. The monoisotopic (exact) mass is 569 g/mol. The number of rotatable bonds is 19. The maximum Gasteiger partial charge on any atom is 0.303 e. The van der Waals surface area contributed by atoms with E-state index in [1.165, 1.54) is 5.56 Å². The number of aromatic nitrogens is 1. The first kappa shape index (κ1) is 31.2. The highest BCUT2D eigenvalue weighted by atomic mass is 35.5. The predicted octanol–water partition coefficient (Wildman–Crippen LogP) is 7.15. The van der Waals surface area contributed by atoms with Gasteiger partial charge >= 0.3 is 5.97 Å². The number of aliphatic hydroxyl groups is 1. The molecule has 0 aliphatic rings. The molecule has 216 valence electrons. The summed E-state index contributed by atoms with van der Waals surface area (Å²) in [6, 6.07) is 15.7. The zero-order valence-corrected chi connectivity index (χ0v) is 24.0. The standard InChI is InChI=1S/C32H40ClNO6/c1-2-38-27-20-26(25-15-16-34-31(33)22-25)21-28(23-27)39-18-6-4-3-5-10-24-11-7-13-30(29(24)12-8-17-35)40-19-9-14-32(36)37/h7,11,13,15-16,20-23,35H,2-6,8-10,12,14,17-19H2,1H3,(H,36,37). The third kappa shape index (κ3) is 10.7. The largest absolute Gasteiger partial charge is 0.494 e. The maximum atomic E-state index is 10.8. The second kappa shape index (κ2) is 17.4. The number of nitrogens with zero attached hydrogens (tertiary/aromatic N) is 1. The van der Waals surface area contributed by atoms with Crippen LogP contribution in [-0.4, -0.2) is 47.6 Å². The molecule has 0 bridgehead atoms. The third-order valence-corrected chi connectivity index (χ3v) is 6.67. The molecule has 1 heterocycles. The van der Waals surface area contributed by atoms with E-state index >= 15 is 0 Å². The topological polar surface area (TPSA) is 98.1 Å². The van der Waals surface area contributed by atoms with Crippen LogP contribution in [0.4, 0.5) is 0 Å². The van der Waals surface area contributed by atoms with E-state index in [0.717, 1.165) is 72.5 Å². The molecule has 0 radical (unpaired) electrons. The van der Waals surface area contributed by atoms with Crippen LogP contribution in [-0.2, 0) is 17.6 Å². The average molecular weight is 570 g/mol. The highest BCUT2D eigenvalue weighted by Crippen LogP contribution is 2.31. The summed E-state index contributed by atoms with van der Waals surface area (Å²) in [7, 11) is 0. The van der Waals surface area contributed by atoms with Gasteiger partial charge in [0.2, 0.25) is 0 Å². The van der Waals surface area contributed by atoms with Crippen molar-refractivity contribution in [1.82, 2.24) is 4.98 Å². The lowest BCUT2D eigenvalue weighted by Gasteiger charge is -2.16. The first-order chi connectivity index (χ1) is 19.5.